The summed E-state index contributed by atoms with van der Waals surface area (Å²) >= 11 is 0. The van der Waals surface area contributed by atoms with E-state index in [9.17, 15) is 25.0 Å². The number of hydrogen-bond donors (Lipinski definition) is 0. The molecule has 10 heteroatoms. The summed E-state index contributed by atoms with van der Waals surface area (Å²) in [5.41, 5.74) is -0.188. The van der Waals surface area contributed by atoms with E-state index in [4.69, 9.17) is 9.47 Å². The Kier molecular flexibility index (Phi) is 4.88. The van der Waals surface area contributed by atoms with Gasteiger partial charge in [-0.3, -0.25) is 25.0 Å². The van der Waals surface area contributed by atoms with Crippen molar-refractivity contribution in [1.29, 1.82) is 0 Å². The summed E-state index contributed by atoms with van der Waals surface area (Å²) in [4.78, 5) is 35.3. The van der Waals surface area contributed by atoms with Crippen molar-refractivity contribution in [2.45, 2.75) is 6.92 Å². The molecule has 3 rings (SSSR count). The minimum absolute atomic E-state index is 0.0667. The first-order valence-corrected chi connectivity index (χ1v) is 8.06. The first-order valence-electron chi connectivity index (χ1n) is 8.06. The van der Waals surface area contributed by atoms with Crippen molar-refractivity contribution in [1.82, 2.24) is 0 Å². The van der Waals surface area contributed by atoms with Gasteiger partial charge in [0.25, 0.3) is 11.6 Å². The molecule has 1 aliphatic rings. The van der Waals surface area contributed by atoms with Gasteiger partial charge in [-0.1, -0.05) is 0 Å². The molecule has 0 aliphatic carbocycles. The number of rotatable bonds is 5. The van der Waals surface area contributed by atoms with E-state index in [1.807, 2.05) is 0 Å². The summed E-state index contributed by atoms with van der Waals surface area (Å²) in [5.74, 6) is -0.121. The van der Waals surface area contributed by atoms with Gasteiger partial charge in [-0.25, -0.2) is 0 Å². The fourth-order valence-corrected chi connectivity index (χ4v) is 2.76. The fourth-order valence-electron chi connectivity index (χ4n) is 2.76. The third-order valence-electron chi connectivity index (χ3n) is 3.96. The summed E-state index contributed by atoms with van der Waals surface area (Å²) in [6.07, 6.45) is 0. The second-order valence-corrected chi connectivity index (χ2v) is 5.59. The monoisotopic (exact) mass is 373 g/mol. The zero-order valence-electron chi connectivity index (χ0n) is 14.3. The highest BCUT2D eigenvalue weighted by Gasteiger charge is 2.28. The lowest BCUT2D eigenvalue weighted by atomic mass is 10.1. The Balaban J connectivity index is 2.00. The Bertz CT molecular complexity index is 929. The summed E-state index contributed by atoms with van der Waals surface area (Å²) in [7, 11) is 0. The molecule has 0 unspecified atom stereocenters. The quantitative estimate of drug-likeness (QED) is 0.582. The minimum Gasteiger partial charge on any atom is -0.490 e. The molecule has 1 heterocycles. The fraction of sp³-hybridized carbons (Fsp3) is 0.235. The molecule has 1 aliphatic heterocycles. The van der Waals surface area contributed by atoms with Gasteiger partial charge in [0.1, 0.15) is 12.4 Å². The van der Waals surface area contributed by atoms with Gasteiger partial charge in [-0.15, -0.1) is 0 Å². The Morgan fingerprint density at radius 2 is 1.96 bits per heavy atom. The van der Waals surface area contributed by atoms with Crippen LogP contribution < -0.4 is 14.4 Å². The predicted octanol–water partition coefficient (Wildman–Crippen LogP) is 2.94. The van der Waals surface area contributed by atoms with E-state index in [0.717, 1.165) is 6.07 Å². The van der Waals surface area contributed by atoms with E-state index in [-0.39, 0.29) is 48.1 Å². The first-order chi connectivity index (χ1) is 12.9. The van der Waals surface area contributed by atoms with Crippen molar-refractivity contribution < 1.29 is 24.1 Å². The number of carbonyl (C=O) groups is 1. The molecule has 0 aromatic heterocycles. The zero-order chi connectivity index (χ0) is 19.6. The maximum absolute atomic E-state index is 12.9. The van der Waals surface area contributed by atoms with Crippen molar-refractivity contribution in [3.05, 3.63) is 62.2 Å². The number of nitro benzene ring substituents is 2. The number of anilines is 1. The van der Waals surface area contributed by atoms with Gasteiger partial charge >= 0.3 is 5.69 Å². The largest absolute Gasteiger partial charge is 0.490 e. The van der Waals surface area contributed by atoms with Crippen LogP contribution in [0.3, 0.4) is 0 Å². The van der Waals surface area contributed by atoms with Gasteiger partial charge in [0.2, 0.25) is 0 Å². The van der Waals surface area contributed by atoms with Gasteiger partial charge in [-0.2, -0.15) is 0 Å². The van der Waals surface area contributed by atoms with Crippen LogP contribution in [0.5, 0.6) is 11.5 Å². The maximum Gasteiger partial charge on any atom is 0.311 e. The molecule has 2 aromatic carbocycles. The lowest BCUT2D eigenvalue weighted by molar-refractivity contribution is -0.385. The van der Waals surface area contributed by atoms with Gasteiger partial charge < -0.3 is 14.4 Å². The Morgan fingerprint density at radius 3 is 2.63 bits per heavy atom. The third kappa shape index (κ3) is 3.50. The number of hydrogen-bond acceptors (Lipinski definition) is 7. The van der Waals surface area contributed by atoms with Crippen LogP contribution in [-0.4, -0.2) is 35.5 Å². The Labute approximate surface area is 153 Å². The smallest absolute Gasteiger partial charge is 0.311 e. The topological polar surface area (TPSA) is 125 Å². The molecule has 0 saturated heterocycles. The van der Waals surface area contributed by atoms with Gasteiger partial charge in [0, 0.05) is 23.8 Å². The molecule has 0 N–H and O–H groups in total. The highest BCUT2D eigenvalue weighted by Crippen LogP contribution is 2.36. The molecular formula is C17H15N3O7. The summed E-state index contributed by atoms with van der Waals surface area (Å²) in [6, 6.07) is 7.88. The van der Waals surface area contributed by atoms with Crippen molar-refractivity contribution in [2.24, 2.45) is 0 Å². The molecule has 10 nitrogen and oxygen atoms in total. The second kappa shape index (κ2) is 7.28. The van der Waals surface area contributed by atoms with Crippen molar-refractivity contribution >= 4 is 23.0 Å². The van der Waals surface area contributed by atoms with E-state index < -0.39 is 15.8 Å². The SMILES string of the molecule is CCOc1ccc(C(=O)N2CCOc3ccc([N+](=O)[O-])cc32)cc1[N+](=O)[O-]. The van der Waals surface area contributed by atoms with Gasteiger partial charge in [0.15, 0.2) is 5.75 Å². The molecule has 0 fully saturated rings. The average molecular weight is 373 g/mol. The number of nitro groups is 2. The number of amides is 1. The highest BCUT2D eigenvalue weighted by atomic mass is 16.6. The lowest BCUT2D eigenvalue weighted by Gasteiger charge is -2.29. The summed E-state index contributed by atoms with van der Waals surface area (Å²) < 4.78 is 10.7. The second-order valence-electron chi connectivity index (χ2n) is 5.59. The molecule has 0 spiro atoms. The third-order valence-corrected chi connectivity index (χ3v) is 3.96. The van der Waals surface area contributed by atoms with E-state index in [0.29, 0.717) is 5.75 Å². The van der Waals surface area contributed by atoms with Crippen LogP contribution in [0.15, 0.2) is 36.4 Å². The summed E-state index contributed by atoms with van der Waals surface area (Å²) in [6.45, 7) is 2.30. The van der Waals surface area contributed by atoms with Crippen molar-refractivity contribution in [3.63, 3.8) is 0 Å². The highest BCUT2D eigenvalue weighted by molar-refractivity contribution is 6.07. The van der Waals surface area contributed by atoms with Crippen LogP contribution >= 0.6 is 0 Å². The molecular weight excluding hydrogens is 358 g/mol. The number of benzene rings is 2. The van der Waals surface area contributed by atoms with Crippen LogP contribution in [0.25, 0.3) is 0 Å². The normalized spacial score (nSPS) is 12.7. The molecule has 140 valence electrons. The minimum atomic E-state index is -0.625. The molecule has 27 heavy (non-hydrogen) atoms. The molecule has 0 bridgehead atoms. The molecule has 0 atom stereocenters. The Morgan fingerprint density at radius 1 is 1.19 bits per heavy atom. The number of non-ortho nitro benzene ring substituents is 1. The Hall–Kier alpha value is -3.69. The van der Waals surface area contributed by atoms with Crippen LogP contribution in [-0.2, 0) is 0 Å². The maximum atomic E-state index is 12.9. The molecule has 0 saturated carbocycles. The first kappa shape index (κ1) is 18.1. The van der Waals surface area contributed by atoms with Gasteiger partial charge in [-0.05, 0) is 25.1 Å². The standard InChI is InChI=1S/C17H15N3O7/c1-2-26-16-5-3-11(9-14(16)20(24)25)17(21)18-7-8-27-15-6-4-12(19(22)23)10-13(15)18/h3-6,9-10H,2,7-8H2,1H3. The van der Waals surface area contributed by atoms with Crippen molar-refractivity contribution in [3.8, 4) is 11.5 Å². The predicted molar refractivity (Wildman–Crippen MR) is 94.5 cm³/mol. The summed E-state index contributed by atoms with van der Waals surface area (Å²) in [5, 5.41) is 22.3. The van der Waals surface area contributed by atoms with E-state index >= 15 is 0 Å². The van der Waals surface area contributed by atoms with Crippen molar-refractivity contribution in [2.75, 3.05) is 24.7 Å². The lowest BCUT2D eigenvalue weighted by Crippen LogP contribution is -2.38. The zero-order valence-corrected chi connectivity index (χ0v) is 14.3. The van der Waals surface area contributed by atoms with Crippen LogP contribution in [0, 0.1) is 20.2 Å². The molecule has 0 radical (unpaired) electrons. The van der Waals surface area contributed by atoms with E-state index in [1.54, 1.807) is 6.92 Å². The molecule has 2 aromatic rings. The number of ether oxygens (including phenoxy) is 2. The average Bonchev–Trinajstić information content (AvgIpc) is 2.66. The molecule has 1 amide bonds. The van der Waals surface area contributed by atoms with Crippen LogP contribution in [0.1, 0.15) is 17.3 Å². The number of nitrogens with zero attached hydrogens (tertiary/aromatic N) is 3. The number of carbonyl (C=O) groups excluding carboxylic acids is 1. The van der Waals surface area contributed by atoms with E-state index in [1.165, 1.54) is 35.2 Å². The van der Waals surface area contributed by atoms with Crippen LogP contribution in [0.2, 0.25) is 0 Å². The van der Waals surface area contributed by atoms with E-state index in [2.05, 4.69) is 0 Å². The van der Waals surface area contributed by atoms with Crippen LogP contribution in [0.4, 0.5) is 17.1 Å². The number of fused-ring (bicyclic) bond motifs is 1. The van der Waals surface area contributed by atoms with Gasteiger partial charge in [0.05, 0.1) is 28.7 Å².